The number of hydrogen-bond acceptors (Lipinski definition) is 4. The van der Waals surface area contributed by atoms with E-state index in [0.29, 0.717) is 36.8 Å². The number of rotatable bonds is 7. The van der Waals surface area contributed by atoms with E-state index >= 15 is 0 Å². The minimum absolute atomic E-state index is 0.00652. The van der Waals surface area contributed by atoms with Crippen molar-refractivity contribution in [3.63, 3.8) is 0 Å². The van der Waals surface area contributed by atoms with E-state index in [-0.39, 0.29) is 5.78 Å². The van der Waals surface area contributed by atoms with Gasteiger partial charge in [-0.3, -0.25) is 9.48 Å². The molecule has 16 heavy (non-hydrogen) atoms. The van der Waals surface area contributed by atoms with E-state index in [0.717, 1.165) is 0 Å². The van der Waals surface area contributed by atoms with Crippen molar-refractivity contribution in [1.82, 2.24) is 15.1 Å². The Balaban J connectivity index is 2.75. The summed E-state index contributed by atoms with van der Waals surface area (Å²) in [6.45, 7) is 1.67. The number of nitrogens with zero attached hydrogens (tertiary/aromatic N) is 2. The predicted octanol–water partition coefficient (Wildman–Crippen LogP) is 0.975. The SMILES string of the molecule is CNCCC(=O)c1c(Cl)cnn1CCOC. The van der Waals surface area contributed by atoms with Crippen molar-refractivity contribution in [2.45, 2.75) is 13.0 Å². The van der Waals surface area contributed by atoms with Gasteiger partial charge in [0.1, 0.15) is 5.69 Å². The molecular weight excluding hydrogens is 230 g/mol. The second-order valence-corrected chi connectivity index (χ2v) is 3.74. The molecule has 0 unspecified atom stereocenters. The number of nitrogens with one attached hydrogen (secondary N) is 1. The first-order valence-electron chi connectivity index (χ1n) is 5.08. The van der Waals surface area contributed by atoms with Crippen LogP contribution in [0.4, 0.5) is 0 Å². The van der Waals surface area contributed by atoms with Crippen molar-refractivity contribution in [2.24, 2.45) is 0 Å². The van der Waals surface area contributed by atoms with Gasteiger partial charge in [0.15, 0.2) is 5.78 Å². The van der Waals surface area contributed by atoms with Gasteiger partial charge in [0, 0.05) is 20.1 Å². The van der Waals surface area contributed by atoms with Gasteiger partial charge in [0.05, 0.1) is 24.4 Å². The Labute approximate surface area is 99.7 Å². The first-order chi connectivity index (χ1) is 7.70. The molecule has 0 aliphatic rings. The van der Waals surface area contributed by atoms with Gasteiger partial charge in [-0.25, -0.2) is 0 Å². The van der Waals surface area contributed by atoms with Crippen molar-refractivity contribution < 1.29 is 9.53 Å². The van der Waals surface area contributed by atoms with Crippen LogP contribution in [0.3, 0.4) is 0 Å². The lowest BCUT2D eigenvalue weighted by Gasteiger charge is -2.06. The summed E-state index contributed by atoms with van der Waals surface area (Å²) < 4.78 is 6.53. The minimum atomic E-state index is -0.00652. The highest BCUT2D eigenvalue weighted by Gasteiger charge is 2.16. The van der Waals surface area contributed by atoms with E-state index in [1.807, 2.05) is 0 Å². The first kappa shape index (κ1) is 13.2. The lowest BCUT2D eigenvalue weighted by molar-refractivity contribution is 0.0969. The van der Waals surface area contributed by atoms with E-state index in [9.17, 15) is 4.79 Å². The molecule has 0 spiro atoms. The lowest BCUT2D eigenvalue weighted by Crippen LogP contribution is -2.18. The third kappa shape index (κ3) is 3.30. The van der Waals surface area contributed by atoms with E-state index < -0.39 is 0 Å². The molecule has 0 aliphatic heterocycles. The van der Waals surface area contributed by atoms with E-state index in [1.165, 1.54) is 6.20 Å². The molecule has 1 rings (SSSR count). The number of carbonyl (C=O) groups excluding carboxylic acids is 1. The molecule has 5 nitrogen and oxygen atoms in total. The van der Waals surface area contributed by atoms with Crippen LogP contribution in [0, 0.1) is 0 Å². The molecule has 90 valence electrons. The van der Waals surface area contributed by atoms with Crippen molar-refractivity contribution in [3.8, 4) is 0 Å². The number of halogens is 1. The molecule has 1 aromatic heterocycles. The second kappa shape index (κ2) is 6.62. The number of carbonyl (C=O) groups is 1. The van der Waals surface area contributed by atoms with E-state index in [4.69, 9.17) is 16.3 Å². The zero-order chi connectivity index (χ0) is 12.0. The molecule has 1 heterocycles. The lowest BCUT2D eigenvalue weighted by atomic mass is 10.2. The molecule has 0 amide bonds. The van der Waals surface area contributed by atoms with Crippen LogP contribution in [-0.4, -0.2) is 42.9 Å². The van der Waals surface area contributed by atoms with Gasteiger partial charge in [-0.1, -0.05) is 11.6 Å². The topological polar surface area (TPSA) is 56.2 Å². The third-order valence-corrected chi connectivity index (χ3v) is 2.44. The Morgan fingerprint density at radius 3 is 3.06 bits per heavy atom. The van der Waals surface area contributed by atoms with Crippen molar-refractivity contribution >= 4 is 17.4 Å². The summed E-state index contributed by atoms with van der Waals surface area (Å²) in [5, 5.41) is 7.37. The van der Waals surface area contributed by atoms with Crippen molar-refractivity contribution in [2.75, 3.05) is 27.3 Å². The number of Topliss-reactive ketones (excluding diaryl/α,β-unsaturated/α-hetero) is 1. The summed E-state index contributed by atoms with van der Waals surface area (Å²) >= 11 is 5.93. The van der Waals surface area contributed by atoms with Crippen LogP contribution in [0.5, 0.6) is 0 Å². The van der Waals surface area contributed by atoms with Gasteiger partial charge in [-0.15, -0.1) is 0 Å². The van der Waals surface area contributed by atoms with Crippen LogP contribution in [0.2, 0.25) is 5.02 Å². The highest BCUT2D eigenvalue weighted by molar-refractivity contribution is 6.33. The van der Waals surface area contributed by atoms with Crippen LogP contribution in [0.1, 0.15) is 16.9 Å². The number of aromatic nitrogens is 2. The molecule has 0 fully saturated rings. The van der Waals surface area contributed by atoms with Gasteiger partial charge in [-0.05, 0) is 7.05 Å². The smallest absolute Gasteiger partial charge is 0.183 e. The predicted molar refractivity (Wildman–Crippen MR) is 62.0 cm³/mol. The molecule has 0 aromatic carbocycles. The van der Waals surface area contributed by atoms with Gasteiger partial charge in [0.25, 0.3) is 0 Å². The zero-order valence-corrected chi connectivity index (χ0v) is 10.3. The van der Waals surface area contributed by atoms with Crippen LogP contribution < -0.4 is 5.32 Å². The summed E-state index contributed by atoms with van der Waals surface area (Å²) in [5.74, 6) is -0.00652. The average molecular weight is 246 g/mol. The molecule has 1 aromatic rings. The van der Waals surface area contributed by atoms with Crippen molar-refractivity contribution in [3.05, 3.63) is 16.9 Å². The molecule has 6 heteroatoms. The number of methoxy groups -OCH3 is 1. The minimum Gasteiger partial charge on any atom is -0.383 e. The van der Waals surface area contributed by atoms with Gasteiger partial charge >= 0.3 is 0 Å². The molecule has 0 bridgehead atoms. The molecule has 0 atom stereocenters. The largest absolute Gasteiger partial charge is 0.383 e. The van der Waals surface area contributed by atoms with E-state index in [1.54, 1.807) is 18.8 Å². The third-order valence-electron chi connectivity index (χ3n) is 2.17. The summed E-state index contributed by atoms with van der Waals surface area (Å²) in [6, 6.07) is 0. The molecule has 0 radical (unpaired) electrons. The Kier molecular flexibility index (Phi) is 5.45. The molecular formula is C10H16ClN3O2. The Hall–Kier alpha value is -0.910. The molecule has 1 N–H and O–H groups in total. The maximum Gasteiger partial charge on any atom is 0.183 e. The highest BCUT2D eigenvalue weighted by Crippen LogP contribution is 2.16. The quantitative estimate of drug-likeness (QED) is 0.728. The number of ether oxygens (including phenoxy) is 1. The monoisotopic (exact) mass is 245 g/mol. The normalized spacial score (nSPS) is 10.7. The van der Waals surface area contributed by atoms with Gasteiger partial charge < -0.3 is 10.1 Å². The maximum atomic E-state index is 11.8. The second-order valence-electron chi connectivity index (χ2n) is 3.33. The number of ketones is 1. The number of hydrogen-bond donors (Lipinski definition) is 1. The van der Waals surface area contributed by atoms with Crippen LogP contribution in [0.15, 0.2) is 6.20 Å². The maximum absolute atomic E-state index is 11.8. The fourth-order valence-electron chi connectivity index (χ4n) is 1.34. The summed E-state index contributed by atoms with van der Waals surface area (Å²) in [6.07, 6.45) is 1.90. The fraction of sp³-hybridized carbons (Fsp3) is 0.600. The van der Waals surface area contributed by atoms with Gasteiger partial charge in [-0.2, -0.15) is 5.10 Å². The average Bonchev–Trinajstić information content (AvgIpc) is 2.64. The summed E-state index contributed by atoms with van der Waals surface area (Å²) in [5.41, 5.74) is 0.467. The Morgan fingerprint density at radius 1 is 1.69 bits per heavy atom. The summed E-state index contributed by atoms with van der Waals surface area (Å²) in [7, 11) is 3.41. The van der Waals surface area contributed by atoms with Crippen LogP contribution >= 0.6 is 11.6 Å². The Bertz CT molecular complexity index is 352. The first-order valence-corrected chi connectivity index (χ1v) is 5.46. The standard InChI is InChI=1S/C10H16ClN3O2/c1-12-4-3-9(15)10-8(11)7-13-14(10)5-6-16-2/h7,12H,3-6H2,1-2H3. The zero-order valence-electron chi connectivity index (χ0n) is 9.49. The highest BCUT2D eigenvalue weighted by atomic mass is 35.5. The van der Waals surface area contributed by atoms with E-state index in [2.05, 4.69) is 10.4 Å². The van der Waals surface area contributed by atoms with Crippen LogP contribution in [0.25, 0.3) is 0 Å². The molecule has 0 saturated heterocycles. The van der Waals surface area contributed by atoms with Crippen molar-refractivity contribution in [1.29, 1.82) is 0 Å². The van der Waals surface area contributed by atoms with Gasteiger partial charge in [0.2, 0.25) is 0 Å². The fourth-order valence-corrected chi connectivity index (χ4v) is 1.59. The summed E-state index contributed by atoms with van der Waals surface area (Å²) in [4.78, 5) is 11.8. The Morgan fingerprint density at radius 2 is 2.44 bits per heavy atom. The molecule has 0 aliphatic carbocycles. The van der Waals surface area contributed by atoms with Crippen LogP contribution in [-0.2, 0) is 11.3 Å². The molecule has 0 saturated carbocycles.